The number of nitrogens with two attached hydrogens (primary N) is 1. The fourth-order valence-electron chi connectivity index (χ4n) is 6.17. The van der Waals surface area contributed by atoms with E-state index in [1.54, 1.807) is 0 Å². The minimum Gasteiger partial charge on any atom is -0.390 e. The zero-order valence-electron chi connectivity index (χ0n) is 33.7. The summed E-state index contributed by atoms with van der Waals surface area (Å²) >= 11 is 0. The number of benzene rings is 2. The second kappa shape index (κ2) is 24.4. The molecule has 2 aromatic rings. The molecule has 0 aromatic heterocycles. The van der Waals surface area contributed by atoms with Gasteiger partial charge >= 0.3 is 0 Å². The molecule has 0 aliphatic carbocycles. The van der Waals surface area contributed by atoms with Gasteiger partial charge in [0.05, 0.1) is 12.0 Å². The van der Waals surface area contributed by atoms with Crippen molar-refractivity contribution in [3.05, 3.63) is 113 Å². The molecule has 3 N–H and O–H groups in total. The lowest BCUT2D eigenvalue weighted by atomic mass is 9.95. The van der Waals surface area contributed by atoms with Gasteiger partial charge in [0, 0.05) is 56.7 Å². The molecule has 8 nitrogen and oxygen atoms in total. The number of hydrogen-bond acceptors (Lipinski definition) is 6. The molecular formula is C45H66N8. The molecule has 8 heteroatoms. The Morgan fingerprint density at radius 3 is 2.26 bits per heavy atom. The number of aryl methyl sites for hydroxylation is 1. The number of hydrazone groups is 1. The predicted molar refractivity (Wildman–Crippen MR) is 234 cm³/mol. The molecule has 0 radical (unpaired) electrons. The summed E-state index contributed by atoms with van der Waals surface area (Å²) in [5.74, 6) is 1.56. The van der Waals surface area contributed by atoms with E-state index >= 15 is 0 Å². The van der Waals surface area contributed by atoms with Crippen LogP contribution in [0.2, 0.25) is 0 Å². The summed E-state index contributed by atoms with van der Waals surface area (Å²) in [4.78, 5) is 13.2. The lowest BCUT2D eigenvalue weighted by Gasteiger charge is -2.32. The molecule has 286 valence electrons. The van der Waals surface area contributed by atoms with Crippen LogP contribution in [0.3, 0.4) is 0 Å². The van der Waals surface area contributed by atoms with Crippen molar-refractivity contribution in [2.24, 2.45) is 26.7 Å². The zero-order chi connectivity index (χ0) is 39.2. The average molecular weight is 719 g/mol. The third kappa shape index (κ3) is 14.3. The molecule has 0 amide bonds. The van der Waals surface area contributed by atoms with Crippen molar-refractivity contribution in [1.82, 2.24) is 14.8 Å². The minimum atomic E-state index is 0.683. The van der Waals surface area contributed by atoms with Gasteiger partial charge in [-0.05, 0) is 105 Å². The molecule has 2 aliphatic rings. The Kier molecular flexibility index (Phi) is 20.4. The van der Waals surface area contributed by atoms with E-state index in [1.807, 2.05) is 55.3 Å². The first kappa shape index (κ1) is 44.3. The van der Waals surface area contributed by atoms with Crippen LogP contribution < -0.4 is 5.73 Å². The van der Waals surface area contributed by atoms with Crippen molar-refractivity contribution in [1.29, 1.82) is 5.41 Å². The predicted octanol–water partition coefficient (Wildman–Crippen LogP) is 9.92. The molecule has 1 unspecified atom stereocenters. The Morgan fingerprint density at radius 1 is 1.04 bits per heavy atom. The van der Waals surface area contributed by atoms with Gasteiger partial charge in [-0.2, -0.15) is 5.10 Å². The summed E-state index contributed by atoms with van der Waals surface area (Å²) in [5.41, 5.74) is 14.7. The fraction of sp³-hybridized carbons (Fsp3) is 0.422. The molecule has 1 atom stereocenters. The Balaban J connectivity index is 0.000000378. The van der Waals surface area contributed by atoms with Gasteiger partial charge in [0.15, 0.2) is 5.84 Å². The van der Waals surface area contributed by atoms with Crippen molar-refractivity contribution < 1.29 is 0 Å². The van der Waals surface area contributed by atoms with Crippen LogP contribution in [0, 0.1) is 18.3 Å². The fourth-order valence-corrected chi connectivity index (χ4v) is 6.17. The molecule has 53 heavy (non-hydrogen) atoms. The van der Waals surface area contributed by atoms with E-state index in [0.717, 1.165) is 78.6 Å². The Morgan fingerprint density at radius 2 is 1.74 bits per heavy atom. The molecule has 1 fully saturated rings. The van der Waals surface area contributed by atoms with Gasteiger partial charge in [-0.15, -0.1) is 0 Å². The highest BCUT2D eigenvalue weighted by molar-refractivity contribution is 6.01. The highest BCUT2D eigenvalue weighted by Gasteiger charge is 2.23. The van der Waals surface area contributed by atoms with Crippen molar-refractivity contribution in [3.8, 4) is 0 Å². The van der Waals surface area contributed by atoms with Crippen LogP contribution in [-0.2, 0) is 0 Å². The molecule has 0 spiro atoms. The number of likely N-dealkylation sites (tertiary alicyclic amines) is 1. The number of amidine groups is 1. The van der Waals surface area contributed by atoms with Crippen molar-refractivity contribution in [3.63, 3.8) is 0 Å². The van der Waals surface area contributed by atoms with E-state index in [4.69, 9.17) is 11.1 Å². The number of aliphatic imine (C=N–C) groups is 2. The van der Waals surface area contributed by atoms with Crippen LogP contribution >= 0.6 is 0 Å². The highest BCUT2D eigenvalue weighted by atomic mass is 15.5. The maximum atomic E-state index is 7.49. The van der Waals surface area contributed by atoms with Gasteiger partial charge in [0.25, 0.3) is 0 Å². The first-order valence-corrected chi connectivity index (χ1v) is 19.3. The highest BCUT2D eigenvalue weighted by Crippen LogP contribution is 2.28. The number of rotatable bonds is 14. The smallest absolute Gasteiger partial charge is 0.178 e. The Labute approximate surface area is 321 Å². The lowest BCUT2D eigenvalue weighted by Crippen LogP contribution is -2.34. The summed E-state index contributed by atoms with van der Waals surface area (Å²) < 4.78 is 0. The van der Waals surface area contributed by atoms with Gasteiger partial charge in [0.2, 0.25) is 0 Å². The van der Waals surface area contributed by atoms with Crippen LogP contribution in [0.15, 0.2) is 106 Å². The van der Waals surface area contributed by atoms with Crippen molar-refractivity contribution in [2.45, 2.75) is 74.1 Å². The molecule has 2 heterocycles. The monoisotopic (exact) mass is 719 g/mol. The van der Waals surface area contributed by atoms with E-state index in [2.05, 4.69) is 110 Å². The third-order valence-corrected chi connectivity index (χ3v) is 9.38. The SMILES string of the molecule is C=C(/C(C=N)=C/C=C/C)c1cc(N=CN)ccc1C.C=N/C(=N\N(CC)CC)c1ccc(C2=CCN(C(=C)CN3CCC(CC)C3)CC2)cc1.CCC. The summed E-state index contributed by atoms with van der Waals surface area (Å²) in [6, 6.07) is 14.4. The Bertz CT molecular complexity index is 1620. The van der Waals surface area contributed by atoms with E-state index < -0.39 is 0 Å². The molecule has 2 aliphatic heterocycles. The second-order valence-electron chi connectivity index (χ2n) is 13.3. The van der Waals surface area contributed by atoms with Crippen LogP contribution in [0.4, 0.5) is 5.69 Å². The molecule has 0 bridgehead atoms. The van der Waals surface area contributed by atoms with Crippen LogP contribution in [0.25, 0.3) is 11.1 Å². The van der Waals surface area contributed by atoms with E-state index in [0.29, 0.717) is 5.84 Å². The summed E-state index contributed by atoms with van der Waals surface area (Å²) in [7, 11) is 0. The third-order valence-electron chi connectivity index (χ3n) is 9.38. The number of allylic oxidation sites excluding steroid dienone is 5. The largest absolute Gasteiger partial charge is 0.390 e. The minimum absolute atomic E-state index is 0.683. The van der Waals surface area contributed by atoms with Gasteiger partial charge in [-0.3, -0.25) is 9.91 Å². The van der Waals surface area contributed by atoms with E-state index in [-0.39, 0.29) is 0 Å². The maximum absolute atomic E-state index is 7.49. The summed E-state index contributed by atoms with van der Waals surface area (Å²) in [6.45, 7) is 34.0. The number of hydrogen-bond donors (Lipinski definition) is 2. The number of nitrogens with zero attached hydrogens (tertiary/aromatic N) is 6. The summed E-state index contributed by atoms with van der Waals surface area (Å²) in [6.07, 6.45) is 15.5. The zero-order valence-corrected chi connectivity index (χ0v) is 33.7. The topological polar surface area (TPSA) is 96.7 Å². The molecule has 2 aromatic carbocycles. The molecule has 4 rings (SSSR count). The van der Waals surface area contributed by atoms with Gasteiger partial charge in [-0.1, -0.05) is 101 Å². The van der Waals surface area contributed by atoms with Gasteiger partial charge in [0.1, 0.15) is 0 Å². The quantitative estimate of drug-likeness (QED) is 0.0880. The first-order chi connectivity index (χ1) is 25.6. The molecular weight excluding hydrogens is 653 g/mol. The van der Waals surface area contributed by atoms with E-state index in [9.17, 15) is 0 Å². The Hall–Kier alpha value is -4.82. The van der Waals surface area contributed by atoms with Crippen LogP contribution in [-0.4, -0.2) is 85.7 Å². The summed E-state index contributed by atoms with van der Waals surface area (Å²) in [5, 5.41) is 14.1. The maximum Gasteiger partial charge on any atom is 0.178 e. The van der Waals surface area contributed by atoms with Gasteiger partial charge < -0.3 is 16.0 Å². The number of nitrogens with one attached hydrogen (secondary N) is 1. The second-order valence-corrected chi connectivity index (χ2v) is 13.3. The van der Waals surface area contributed by atoms with Crippen LogP contribution in [0.5, 0.6) is 0 Å². The first-order valence-electron chi connectivity index (χ1n) is 19.3. The molecule has 1 saturated heterocycles. The standard InChI is InChI=1S/C26H39N5.C16H19N3.C3H8/c1-6-22-13-16-29(20-22)19-21(4)30-17-14-24(15-18-30)23-9-11-25(12-10-23)26(27-5)28-31(7-2)8-3;1-4-5-6-14(10-17)13(3)16-9-15(19-11-18)8-7-12(16)2;1-3-2/h9-12,14,22H,4-8,13,15-20H2,1-3H3;4-11,17H,3H2,1-2H3,(H2,18,19);3H2,1-2H3/b28-26-;5-4+,14-6+,17-10?;. The van der Waals surface area contributed by atoms with E-state index in [1.165, 1.54) is 61.7 Å². The van der Waals surface area contributed by atoms with Crippen molar-refractivity contribution in [2.75, 3.05) is 45.8 Å². The normalized spacial score (nSPS) is 16.4. The lowest BCUT2D eigenvalue weighted by molar-refractivity contribution is 0.289. The average Bonchev–Trinajstić information content (AvgIpc) is 3.64. The van der Waals surface area contributed by atoms with Crippen LogP contribution in [0.1, 0.15) is 89.5 Å². The molecule has 0 saturated carbocycles. The van der Waals surface area contributed by atoms with Crippen molar-refractivity contribution >= 4 is 41.9 Å². The van der Waals surface area contributed by atoms with Gasteiger partial charge in [-0.25, -0.2) is 9.98 Å².